The first-order valence-corrected chi connectivity index (χ1v) is 20.7. The Labute approximate surface area is 314 Å². The molecule has 0 unspecified atom stereocenters. The summed E-state index contributed by atoms with van der Waals surface area (Å²) in [5, 5.41) is 6.46. The molecule has 3 saturated carbocycles. The first-order chi connectivity index (χ1) is 25.3. The van der Waals surface area contributed by atoms with Crippen LogP contribution in [0.5, 0.6) is 11.5 Å². The summed E-state index contributed by atoms with van der Waals surface area (Å²) >= 11 is 1.51. The van der Waals surface area contributed by atoms with E-state index in [-0.39, 0.29) is 31.1 Å². The number of amides is 3. The minimum absolute atomic E-state index is 0.167. The fourth-order valence-electron chi connectivity index (χ4n) is 7.44. The largest absolute Gasteiger partial charge is 0.496 e. The van der Waals surface area contributed by atoms with Gasteiger partial charge in [0.15, 0.2) is 0 Å². The van der Waals surface area contributed by atoms with Crippen molar-refractivity contribution < 1.29 is 36.5 Å². The number of allylic oxidation sites excluding steroid dienone is 1. The van der Waals surface area contributed by atoms with Crippen molar-refractivity contribution in [3.05, 3.63) is 47.0 Å². The minimum atomic E-state index is -4.36. The third kappa shape index (κ3) is 7.79. The molecular formula is C38H47N5O8S2. The topological polar surface area (TPSA) is 166 Å². The number of fused-ring (bicyclic) bond motifs is 3. The number of aromatic nitrogens is 2. The zero-order valence-electron chi connectivity index (χ0n) is 30.7. The Morgan fingerprint density at radius 1 is 1.09 bits per heavy atom. The smallest absolute Gasteiger partial charge is 0.362 e. The number of nitrogens with zero attached hydrogens (tertiary/aromatic N) is 3. The van der Waals surface area contributed by atoms with E-state index in [0.717, 1.165) is 40.9 Å². The maximum atomic E-state index is 14.3. The Bertz CT molecular complexity index is 2060. The van der Waals surface area contributed by atoms with Gasteiger partial charge >= 0.3 is 10.3 Å². The number of rotatable bonds is 9. The van der Waals surface area contributed by atoms with Gasteiger partial charge in [0.25, 0.3) is 5.91 Å². The van der Waals surface area contributed by atoms with Crippen LogP contribution in [0.1, 0.15) is 82.4 Å². The van der Waals surface area contributed by atoms with Crippen LogP contribution in [-0.2, 0) is 28.9 Å². The van der Waals surface area contributed by atoms with Crippen LogP contribution in [0.2, 0.25) is 0 Å². The molecule has 3 aliphatic carbocycles. The molecule has 15 heteroatoms. The number of carbonyl (C=O) groups excluding carboxylic acids is 3. The summed E-state index contributed by atoms with van der Waals surface area (Å²) in [6, 6.07) is 5.63. The minimum Gasteiger partial charge on any atom is -0.496 e. The van der Waals surface area contributed by atoms with E-state index in [9.17, 15) is 22.8 Å². The number of carbonyl (C=O) groups is 3. The van der Waals surface area contributed by atoms with Crippen LogP contribution in [0.4, 0.5) is 0 Å². The molecule has 0 spiro atoms. The van der Waals surface area contributed by atoms with Gasteiger partial charge in [-0.05, 0) is 76.3 Å². The van der Waals surface area contributed by atoms with E-state index in [4.69, 9.17) is 23.6 Å². The molecule has 4 aliphatic rings. The molecule has 3 heterocycles. The summed E-state index contributed by atoms with van der Waals surface area (Å²) in [6.07, 6.45) is 7.11. The van der Waals surface area contributed by atoms with E-state index in [1.165, 1.54) is 11.3 Å². The van der Waals surface area contributed by atoms with Crippen LogP contribution in [-0.4, -0.2) is 79.5 Å². The number of thiazole rings is 1. The Hall–Kier alpha value is -4.08. The Morgan fingerprint density at radius 2 is 1.87 bits per heavy atom. The molecule has 13 nitrogen and oxygen atoms in total. The Kier molecular flexibility index (Phi) is 10.3. The maximum Gasteiger partial charge on any atom is 0.362 e. The third-order valence-corrected chi connectivity index (χ3v) is 12.6. The van der Waals surface area contributed by atoms with Crippen molar-refractivity contribution in [2.45, 2.75) is 95.8 Å². The van der Waals surface area contributed by atoms with E-state index in [1.54, 1.807) is 19.1 Å². The average Bonchev–Trinajstić information content (AvgIpc) is 3.93. The zero-order valence-corrected chi connectivity index (χ0v) is 32.3. The summed E-state index contributed by atoms with van der Waals surface area (Å²) in [6.45, 7) is 6.66. The van der Waals surface area contributed by atoms with Gasteiger partial charge in [-0.15, -0.1) is 11.3 Å². The summed E-state index contributed by atoms with van der Waals surface area (Å²) in [7, 11) is -0.993. The molecule has 3 fully saturated rings. The Morgan fingerprint density at radius 3 is 2.58 bits per heavy atom. The van der Waals surface area contributed by atoms with Crippen LogP contribution < -0.4 is 19.5 Å². The summed E-state index contributed by atoms with van der Waals surface area (Å²) in [5.41, 5.74) is 1.67. The number of hydrogen-bond acceptors (Lipinski definition) is 11. The second-order valence-electron chi connectivity index (χ2n) is 15.1. The molecule has 2 N–H and O–H groups in total. The van der Waals surface area contributed by atoms with Crippen molar-refractivity contribution in [3.63, 3.8) is 0 Å². The molecular weight excluding hydrogens is 719 g/mol. The molecule has 0 bridgehead atoms. The van der Waals surface area contributed by atoms with Gasteiger partial charge in [-0.3, -0.25) is 18.6 Å². The zero-order chi connectivity index (χ0) is 37.7. The van der Waals surface area contributed by atoms with Crippen LogP contribution in [0.3, 0.4) is 0 Å². The SMILES string of the molecule is COc1ccc2c(O[C@@H]3C[C@H]4C(=O)N[C@]5(C(=O)NS(=O)(=O)OC6CC6)C[C@H]5C=CCCCCN(C)C(=O)[C@@H]4C3)cc(-c3nc(C(C)C)cs3)nc2c1C. The fourth-order valence-corrected chi connectivity index (χ4v) is 9.39. The summed E-state index contributed by atoms with van der Waals surface area (Å²) in [4.78, 5) is 53.5. The van der Waals surface area contributed by atoms with Gasteiger partial charge in [-0.2, -0.15) is 8.42 Å². The molecule has 284 valence electrons. The Balaban J connectivity index is 1.20. The molecule has 1 aliphatic heterocycles. The van der Waals surface area contributed by atoms with E-state index >= 15 is 0 Å². The summed E-state index contributed by atoms with van der Waals surface area (Å²) in [5.74, 6) is -1.96. The highest BCUT2D eigenvalue weighted by Gasteiger charge is 2.62. The van der Waals surface area contributed by atoms with E-state index in [0.29, 0.717) is 42.1 Å². The molecule has 0 radical (unpaired) electrons. The van der Waals surface area contributed by atoms with E-state index in [1.807, 2.05) is 42.7 Å². The normalized spacial score (nSPS) is 26.5. The van der Waals surface area contributed by atoms with Gasteiger partial charge in [0.05, 0.1) is 36.3 Å². The highest BCUT2D eigenvalue weighted by Crippen LogP contribution is 2.47. The quantitative estimate of drug-likeness (QED) is 0.277. The molecule has 5 atom stereocenters. The highest BCUT2D eigenvalue weighted by atomic mass is 32.2. The standard InChI is InChI=1S/C38H47N5O8S2/c1-21(2)30-20-52-35(40-30)29-18-32(26-13-14-31(49-5)22(3)33(26)39-29)50-25-16-27-28(17-25)36(45)43(4)15-9-7-6-8-10-23-19-38(23,41-34(27)44)37(46)42-53(47,48)51-24-11-12-24/h8,10,13-14,18,20-21,23-25,27-28H,6-7,9,11-12,15-17,19H2,1-5H3,(H,41,44)(H,42,46)/t23-,25-,27-,28-,38-/m1/s1. The van der Waals surface area contributed by atoms with Gasteiger partial charge in [0.2, 0.25) is 11.8 Å². The van der Waals surface area contributed by atoms with Crippen molar-refractivity contribution in [1.29, 1.82) is 0 Å². The number of nitrogens with one attached hydrogen (secondary N) is 2. The number of aryl methyl sites for hydroxylation is 1. The van der Waals surface area contributed by atoms with E-state index in [2.05, 4.69) is 23.9 Å². The van der Waals surface area contributed by atoms with Crippen molar-refractivity contribution in [2.24, 2.45) is 17.8 Å². The maximum absolute atomic E-state index is 14.3. The van der Waals surface area contributed by atoms with Gasteiger partial charge in [-0.1, -0.05) is 26.0 Å². The molecule has 7 rings (SSSR count). The number of pyridine rings is 1. The number of hydrogen-bond donors (Lipinski definition) is 2. The van der Waals surface area contributed by atoms with Gasteiger partial charge in [-0.25, -0.2) is 14.7 Å². The second kappa shape index (κ2) is 14.6. The lowest BCUT2D eigenvalue weighted by atomic mass is 9.93. The van der Waals surface area contributed by atoms with Crippen molar-refractivity contribution in [3.8, 4) is 22.2 Å². The molecule has 1 aromatic carbocycles. The van der Waals surface area contributed by atoms with E-state index < -0.39 is 57.6 Å². The predicted octanol–water partition coefficient (Wildman–Crippen LogP) is 5.19. The predicted molar refractivity (Wildman–Crippen MR) is 200 cm³/mol. The van der Waals surface area contributed by atoms with Crippen LogP contribution in [0.25, 0.3) is 21.6 Å². The lowest BCUT2D eigenvalue weighted by molar-refractivity contribution is -0.140. The molecule has 3 amide bonds. The molecule has 53 heavy (non-hydrogen) atoms. The first kappa shape index (κ1) is 37.2. The van der Waals surface area contributed by atoms with Crippen LogP contribution >= 0.6 is 11.3 Å². The molecule has 3 aromatic rings. The summed E-state index contributed by atoms with van der Waals surface area (Å²) < 4.78 is 44.8. The fraction of sp³-hybridized carbons (Fsp3) is 0.553. The van der Waals surface area contributed by atoms with Crippen LogP contribution in [0.15, 0.2) is 35.7 Å². The lowest BCUT2D eigenvalue weighted by Crippen LogP contribution is -2.54. The highest BCUT2D eigenvalue weighted by molar-refractivity contribution is 7.85. The average molecular weight is 766 g/mol. The van der Waals surface area contributed by atoms with Crippen molar-refractivity contribution in [2.75, 3.05) is 20.7 Å². The third-order valence-electron chi connectivity index (χ3n) is 10.8. The number of benzene rings is 1. The van der Waals surface area contributed by atoms with Crippen molar-refractivity contribution in [1.82, 2.24) is 24.9 Å². The monoisotopic (exact) mass is 765 g/mol. The number of ether oxygens (including phenoxy) is 2. The first-order valence-electron chi connectivity index (χ1n) is 18.4. The van der Waals surface area contributed by atoms with Gasteiger partial charge in [0.1, 0.15) is 33.8 Å². The number of methoxy groups -OCH3 is 1. The lowest BCUT2D eigenvalue weighted by Gasteiger charge is -2.26. The van der Waals surface area contributed by atoms with Crippen molar-refractivity contribution >= 4 is 50.3 Å². The van der Waals surface area contributed by atoms with Crippen LogP contribution in [0, 0.1) is 24.7 Å². The molecule has 0 saturated heterocycles. The van der Waals surface area contributed by atoms with Gasteiger partial charge in [0, 0.05) is 41.9 Å². The second-order valence-corrected chi connectivity index (χ2v) is 17.2. The van der Waals surface area contributed by atoms with Gasteiger partial charge < -0.3 is 19.7 Å². The molecule has 2 aromatic heterocycles.